The Morgan fingerprint density at radius 2 is 2.04 bits per heavy atom. The third kappa shape index (κ3) is 4.77. The summed E-state index contributed by atoms with van der Waals surface area (Å²) >= 11 is 6.10. The van der Waals surface area contributed by atoms with Gasteiger partial charge in [0.2, 0.25) is 5.91 Å². The van der Waals surface area contributed by atoms with Crippen LogP contribution in [0.4, 0.5) is 5.69 Å². The summed E-state index contributed by atoms with van der Waals surface area (Å²) in [4.78, 5) is 28.8. The lowest BCUT2D eigenvalue weighted by Crippen LogP contribution is -2.35. The van der Waals surface area contributed by atoms with Crippen molar-refractivity contribution in [3.8, 4) is 0 Å². The van der Waals surface area contributed by atoms with E-state index in [1.165, 1.54) is 12.8 Å². The van der Waals surface area contributed by atoms with Crippen molar-refractivity contribution in [2.24, 2.45) is 5.92 Å². The van der Waals surface area contributed by atoms with Crippen LogP contribution in [0.25, 0.3) is 0 Å². The summed E-state index contributed by atoms with van der Waals surface area (Å²) in [5, 5.41) is 3.54. The molecule has 0 unspecified atom stereocenters. The van der Waals surface area contributed by atoms with Crippen LogP contribution in [0.15, 0.2) is 18.2 Å². The van der Waals surface area contributed by atoms with Crippen LogP contribution in [0.3, 0.4) is 0 Å². The average molecular weight is 378 g/mol. The second-order valence-electron chi connectivity index (χ2n) is 7.44. The van der Waals surface area contributed by atoms with Crippen LogP contribution < -0.4 is 10.2 Å². The van der Waals surface area contributed by atoms with Crippen LogP contribution in [0.1, 0.15) is 49.4 Å². The Hall–Kier alpha value is -1.59. The van der Waals surface area contributed by atoms with Crippen molar-refractivity contribution in [3.05, 3.63) is 28.8 Å². The second-order valence-corrected chi connectivity index (χ2v) is 7.88. The van der Waals surface area contributed by atoms with E-state index in [0.717, 1.165) is 38.4 Å². The van der Waals surface area contributed by atoms with Gasteiger partial charge in [-0.15, -0.1) is 0 Å². The molecule has 2 aliphatic rings. The molecular weight excluding hydrogens is 350 g/mol. The highest BCUT2D eigenvalue weighted by atomic mass is 35.5. The van der Waals surface area contributed by atoms with Crippen molar-refractivity contribution in [1.82, 2.24) is 10.2 Å². The molecule has 0 bridgehead atoms. The number of carbonyl (C=O) groups is 2. The van der Waals surface area contributed by atoms with E-state index in [2.05, 4.69) is 17.1 Å². The molecule has 0 spiro atoms. The maximum Gasteiger partial charge on any atom is 0.253 e. The number of benzene rings is 1. The number of carbonyl (C=O) groups excluding carboxylic acids is 2. The summed E-state index contributed by atoms with van der Waals surface area (Å²) in [5.74, 6) is 0.756. The molecule has 1 aromatic carbocycles. The first-order valence-corrected chi connectivity index (χ1v) is 10.0. The maximum atomic E-state index is 12.6. The van der Waals surface area contributed by atoms with Crippen molar-refractivity contribution in [3.63, 3.8) is 0 Å². The van der Waals surface area contributed by atoms with Gasteiger partial charge >= 0.3 is 0 Å². The van der Waals surface area contributed by atoms with Crippen LogP contribution in [0.5, 0.6) is 0 Å². The number of halogens is 1. The van der Waals surface area contributed by atoms with E-state index in [4.69, 9.17) is 11.6 Å². The number of anilines is 1. The molecule has 5 nitrogen and oxygen atoms in total. The zero-order valence-corrected chi connectivity index (χ0v) is 16.2. The predicted molar refractivity (Wildman–Crippen MR) is 105 cm³/mol. The molecule has 2 heterocycles. The standard InChI is InChI=1S/C20H28ClN3O2/c1-15-7-12-23(13-8-15)10-3-9-22-20(26)17-6-5-16(21)14-18(17)24-11-2-4-19(24)25/h5-6,14-15H,2-4,7-13H2,1H3,(H,22,26). The lowest BCUT2D eigenvalue weighted by molar-refractivity contribution is -0.117. The maximum absolute atomic E-state index is 12.6. The minimum atomic E-state index is -0.136. The molecule has 2 saturated heterocycles. The zero-order chi connectivity index (χ0) is 18.5. The van der Waals surface area contributed by atoms with E-state index in [1.54, 1.807) is 23.1 Å². The van der Waals surface area contributed by atoms with Gasteiger partial charge in [-0.25, -0.2) is 0 Å². The van der Waals surface area contributed by atoms with Crippen LogP contribution in [0, 0.1) is 5.92 Å². The fraction of sp³-hybridized carbons (Fsp3) is 0.600. The third-order valence-electron chi connectivity index (χ3n) is 5.38. The van der Waals surface area contributed by atoms with Crippen LogP contribution in [0.2, 0.25) is 5.02 Å². The zero-order valence-electron chi connectivity index (χ0n) is 15.5. The number of nitrogens with one attached hydrogen (secondary N) is 1. The minimum absolute atomic E-state index is 0.0562. The molecule has 0 radical (unpaired) electrons. The first-order valence-electron chi connectivity index (χ1n) is 9.65. The summed E-state index contributed by atoms with van der Waals surface area (Å²) in [5.41, 5.74) is 1.15. The molecule has 0 atom stereocenters. The largest absolute Gasteiger partial charge is 0.352 e. The van der Waals surface area contributed by atoms with Crippen LogP contribution in [-0.2, 0) is 4.79 Å². The Labute approximate surface area is 160 Å². The normalized spacial score (nSPS) is 19.2. The molecule has 142 valence electrons. The Morgan fingerprint density at radius 1 is 1.27 bits per heavy atom. The van der Waals surface area contributed by atoms with E-state index in [1.807, 2.05) is 0 Å². The highest BCUT2D eigenvalue weighted by Crippen LogP contribution is 2.28. The fourth-order valence-corrected chi connectivity index (χ4v) is 3.87. The van der Waals surface area contributed by atoms with Gasteiger partial charge < -0.3 is 15.1 Å². The number of rotatable bonds is 6. The van der Waals surface area contributed by atoms with Gasteiger partial charge in [-0.05, 0) is 69.4 Å². The molecule has 1 aromatic rings. The van der Waals surface area contributed by atoms with Crippen molar-refractivity contribution >= 4 is 29.1 Å². The van der Waals surface area contributed by atoms with E-state index in [-0.39, 0.29) is 11.8 Å². The SMILES string of the molecule is CC1CCN(CCCNC(=O)c2ccc(Cl)cc2N2CCCC2=O)CC1. The molecule has 2 amide bonds. The molecule has 1 N–H and O–H groups in total. The number of amides is 2. The van der Waals surface area contributed by atoms with Gasteiger partial charge in [-0.1, -0.05) is 18.5 Å². The van der Waals surface area contributed by atoms with E-state index < -0.39 is 0 Å². The number of hydrogen-bond acceptors (Lipinski definition) is 3. The Morgan fingerprint density at radius 3 is 2.73 bits per heavy atom. The van der Waals surface area contributed by atoms with E-state index in [9.17, 15) is 9.59 Å². The summed E-state index contributed by atoms with van der Waals surface area (Å²) in [6.07, 6.45) is 4.82. The molecule has 0 aliphatic carbocycles. The Balaban J connectivity index is 1.54. The molecular formula is C20H28ClN3O2. The summed E-state index contributed by atoms with van der Waals surface area (Å²) in [6, 6.07) is 5.13. The topological polar surface area (TPSA) is 52.7 Å². The monoisotopic (exact) mass is 377 g/mol. The average Bonchev–Trinajstić information content (AvgIpc) is 3.06. The van der Waals surface area contributed by atoms with Gasteiger partial charge in [0.15, 0.2) is 0 Å². The van der Waals surface area contributed by atoms with Gasteiger partial charge in [0.1, 0.15) is 0 Å². The second kappa shape index (κ2) is 8.87. The van der Waals surface area contributed by atoms with Crippen LogP contribution in [-0.4, -0.2) is 49.4 Å². The Kier molecular flexibility index (Phi) is 6.54. The predicted octanol–water partition coefficient (Wildman–Crippen LogP) is 3.32. The molecule has 6 heteroatoms. The van der Waals surface area contributed by atoms with Crippen molar-refractivity contribution in [1.29, 1.82) is 0 Å². The van der Waals surface area contributed by atoms with E-state index in [0.29, 0.717) is 35.8 Å². The van der Waals surface area contributed by atoms with Gasteiger partial charge in [-0.3, -0.25) is 9.59 Å². The van der Waals surface area contributed by atoms with Gasteiger partial charge in [0, 0.05) is 24.5 Å². The van der Waals surface area contributed by atoms with Gasteiger partial charge in [0.05, 0.1) is 11.3 Å². The number of likely N-dealkylation sites (tertiary alicyclic amines) is 1. The van der Waals surface area contributed by atoms with Crippen molar-refractivity contribution in [2.45, 2.75) is 39.0 Å². The quantitative estimate of drug-likeness (QED) is 0.774. The first-order chi connectivity index (χ1) is 12.5. The lowest BCUT2D eigenvalue weighted by atomic mass is 9.99. The van der Waals surface area contributed by atoms with Gasteiger partial charge in [-0.2, -0.15) is 0 Å². The molecule has 0 aromatic heterocycles. The highest BCUT2D eigenvalue weighted by Gasteiger charge is 2.26. The molecule has 3 rings (SSSR count). The molecule has 2 aliphatic heterocycles. The van der Waals surface area contributed by atoms with Crippen molar-refractivity contribution in [2.75, 3.05) is 37.6 Å². The fourth-order valence-electron chi connectivity index (χ4n) is 3.71. The van der Waals surface area contributed by atoms with Crippen LogP contribution >= 0.6 is 11.6 Å². The number of hydrogen-bond donors (Lipinski definition) is 1. The molecule has 26 heavy (non-hydrogen) atoms. The smallest absolute Gasteiger partial charge is 0.253 e. The van der Waals surface area contributed by atoms with Crippen molar-refractivity contribution < 1.29 is 9.59 Å². The lowest BCUT2D eigenvalue weighted by Gasteiger charge is -2.30. The first kappa shape index (κ1) is 19.2. The Bertz CT molecular complexity index is 656. The molecule has 2 fully saturated rings. The number of piperidine rings is 1. The van der Waals surface area contributed by atoms with E-state index >= 15 is 0 Å². The summed E-state index contributed by atoms with van der Waals surface area (Å²) < 4.78 is 0. The summed E-state index contributed by atoms with van der Waals surface area (Å²) in [6.45, 7) is 6.94. The minimum Gasteiger partial charge on any atom is -0.352 e. The molecule has 0 saturated carbocycles. The third-order valence-corrected chi connectivity index (χ3v) is 5.62. The highest BCUT2D eigenvalue weighted by molar-refractivity contribution is 6.31. The van der Waals surface area contributed by atoms with Gasteiger partial charge in [0.25, 0.3) is 5.91 Å². The summed E-state index contributed by atoms with van der Waals surface area (Å²) in [7, 11) is 0. The number of nitrogens with zero attached hydrogens (tertiary/aromatic N) is 2.